The fourth-order valence-corrected chi connectivity index (χ4v) is 2.85. The fraction of sp³-hybridized carbons (Fsp3) is 0.538. The molecule has 0 aromatic heterocycles. The smallest absolute Gasteiger partial charge is 0.150 e. The van der Waals surface area contributed by atoms with E-state index in [2.05, 4.69) is 0 Å². The Morgan fingerprint density at radius 1 is 1.39 bits per heavy atom. The van der Waals surface area contributed by atoms with E-state index >= 15 is 0 Å². The highest BCUT2D eigenvalue weighted by atomic mass is 35.5. The van der Waals surface area contributed by atoms with Crippen molar-refractivity contribution in [1.82, 2.24) is 0 Å². The zero-order valence-electron chi connectivity index (χ0n) is 10.8. The van der Waals surface area contributed by atoms with Gasteiger partial charge in [0, 0.05) is 16.3 Å². The normalized spacial score (nSPS) is 15.3. The van der Waals surface area contributed by atoms with Crippen molar-refractivity contribution in [2.45, 2.75) is 32.2 Å². The molecule has 0 aliphatic rings. The number of hydrogen-bond donors (Lipinski definition) is 1. The minimum atomic E-state index is -2.91. The van der Waals surface area contributed by atoms with Gasteiger partial charge in [-0.15, -0.1) is 0 Å². The zero-order chi connectivity index (χ0) is 13.8. The Labute approximate surface area is 114 Å². The van der Waals surface area contributed by atoms with Crippen molar-refractivity contribution >= 4 is 21.4 Å². The van der Waals surface area contributed by atoms with Crippen LogP contribution in [0.5, 0.6) is 0 Å². The van der Waals surface area contributed by atoms with Crippen LogP contribution in [0.25, 0.3) is 0 Å². The van der Waals surface area contributed by atoms with E-state index in [1.165, 1.54) is 0 Å². The molecule has 1 unspecified atom stereocenters. The van der Waals surface area contributed by atoms with Gasteiger partial charge in [-0.2, -0.15) is 0 Å². The quantitative estimate of drug-likeness (QED) is 0.876. The number of halogens is 1. The van der Waals surface area contributed by atoms with Crippen LogP contribution in [0.3, 0.4) is 0 Å². The van der Waals surface area contributed by atoms with E-state index in [1.807, 2.05) is 25.1 Å². The fourth-order valence-electron chi connectivity index (χ4n) is 1.79. The Balaban J connectivity index is 2.66. The Morgan fingerprint density at radius 3 is 2.61 bits per heavy atom. The lowest BCUT2D eigenvalue weighted by Gasteiger charge is -2.25. The summed E-state index contributed by atoms with van der Waals surface area (Å²) in [5, 5.41) is 0.644. The molecular formula is C13H20ClNO2S. The molecule has 0 heterocycles. The molecule has 1 aromatic carbocycles. The molecule has 0 spiro atoms. The highest BCUT2D eigenvalue weighted by molar-refractivity contribution is 7.91. The second kappa shape index (κ2) is 6.04. The topological polar surface area (TPSA) is 60.2 Å². The van der Waals surface area contributed by atoms with Crippen molar-refractivity contribution in [2.75, 3.05) is 11.5 Å². The first-order chi connectivity index (χ1) is 8.27. The minimum absolute atomic E-state index is 0.186. The summed E-state index contributed by atoms with van der Waals surface area (Å²) < 4.78 is 22.8. The van der Waals surface area contributed by atoms with Crippen LogP contribution in [0.4, 0.5) is 0 Å². The van der Waals surface area contributed by atoms with Crippen LogP contribution in [0, 0.1) is 0 Å². The molecular weight excluding hydrogens is 270 g/mol. The van der Waals surface area contributed by atoms with Crippen molar-refractivity contribution < 1.29 is 8.42 Å². The lowest BCUT2D eigenvalue weighted by atomic mass is 9.89. The van der Waals surface area contributed by atoms with E-state index in [1.54, 1.807) is 13.0 Å². The van der Waals surface area contributed by atoms with E-state index in [-0.39, 0.29) is 11.5 Å². The number of rotatable bonds is 6. The number of nitrogens with two attached hydrogens (primary N) is 1. The Hall–Kier alpha value is -0.580. The molecule has 0 aliphatic heterocycles. The molecule has 18 heavy (non-hydrogen) atoms. The van der Waals surface area contributed by atoms with Crippen LogP contribution < -0.4 is 5.73 Å². The van der Waals surface area contributed by atoms with Gasteiger partial charge < -0.3 is 5.73 Å². The third-order valence-electron chi connectivity index (χ3n) is 3.08. The molecule has 0 fully saturated rings. The van der Waals surface area contributed by atoms with Crippen molar-refractivity contribution in [3.8, 4) is 0 Å². The molecule has 3 nitrogen and oxygen atoms in total. The summed E-state index contributed by atoms with van der Waals surface area (Å²) in [5.41, 5.74) is 6.61. The van der Waals surface area contributed by atoms with Crippen molar-refractivity contribution in [2.24, 2.45) is 5.73 Å². The van der Waals surface area contributed by atoms with Crippen molar-refractivity contribution in [3.63, 3.8) is 0 Å². The first kappa shape index (κ1) is 15.5. The van der Waals surface area contributed by atoms with Gasteiger partial charge in [-0.25, -0.2) is 8.42 Å². The minimum Gasteiger partial charge on any atom is -0.322 e. The molecule has 102 valence electrons. The van der Waals surface area contributed by atoms with Crippen LogP contribution in [0.15, 0.2) is 24.3 Å². The second-order valence-electron chi connectivity index (χ2n) is 4.77. The summed E-state index contributed by atoms with van der Waals surface area (Å²) in [6, 6.07) is 7.39. The van der Waals surface area contributed by atoms with E-state index in [9.17, 15) is 8.42 Å². The van der Waals surface area contributed by atoms with Gasteiger partial charge in [0.2, 0.25) is 0 Å². The maximum absolute atomic E-state index is 11.4. The van der Waals surface area contributed by atoms with Gasteiger partial charge in [0.15, 0.2) is 0 Å². The summed E-state index contributed by atoms with van der Waals surface area (Å²) in [6.07, 6.45) is 1.18. The summed E-state index contributed by atoms with van der Waals surface area (Å²) in [5.74, 6) is 0.377. The molecule has 5 heteroatoms. The summed E-state index contributed by atoms with van der Waals surface area (Å²) in [7, 11) is -2.91. The van der Waals surface area contributed by atoms with Crippen LogP contribution >= 0.6 is 11.6 Å². The van der Waals surface area contributed by atoms with E-state index in [0.717, 1.165) is 5.56 Å². The van der Waals surface area contributed by atoms with Crippen LogP contribution in [-0.4, -0.2) is 19.9 Å². The predicted molar refractivity (Wildman–Crippen MR) is 76.6 cm³/mol. The van der Waals surface area contributed by atoms with Gasteiger partial charge in [-0.1, -0.05) is 30.7 Å². The molecule has 0 saturated heterocycles. The Morgan fingerprint density at radius 2 is 2.06 bits per heavy atom. The molecule has 0 amide bonds. The van der Waals surface area contributed by atoms with Gasteiger partial charge in [0.25, 0.3) is 0 Å². The Kier molecular flexibility index (Phi) is 5.20. The van der Waals surface area contributed by atoms with Crippen LogP contribution in [0.2, 0.25) is 5.02 Å². The summed E-state index contributed by atoms with van der Waals surface area (Å²) in [6.45, 7) is 3.56. The summed E-state index contributed by atoms with van der Waals surface area (Å²) in [4.78, 5) is 0. The van der Waals surface area contributed by atoms with Crippen molar-refractivity contribution in [3.05, 3.63) is 34.9 Å². The monoisotopic (exact) mass is 289 g/mol. The maximum Gasteiger partial charge on any atom is 0.150 e. The maximum atomic E-state index is 11.4. The standard InChI is InChI=1S/C13H20ClNO2S/c1-3-18(16,17)9-5-8-13(2,15)11-6-4-7-12(14)10-11/h4,6-7,10H,3,5,8-9,15H2,1-2H3. The second-order valence-corrected chi connectivity index (χ2v) is 7.68. The first-order valence-corrected chi connectivity index (χ1v) is 8.22. The molecule has 0 radical (unpaired) electrons. The third-order valence-corrected chi connectivity index (χ3v) is 5.10. The lowest BCUT2D eigenvalue weighted by molar-refractivity contribution is 0.446. The average molecular weight is 290 g/mol. The van der Waals surface area contributed by atoms with Crippen LogP contribution in [-0.2, 0) is 15.4 Å². The number of sulfone groups is 1. The molecule has 0 aliphatic carbocycles. The highest BCUT2D eigenvalue weighted by Gasteiger charge is 2.22. The van der Waals surface area contributed by atoms with Gasteiger partial charge in [-0.3, -0.25) is 0 Å². The largest absolute Gasteiger partial charge is 0.322 e. The van der Waals surface area contributed by atoms with E-state index < -0.39 is 15.4 Å². The lowest BCUT2D eigenvalue weighted by Crippen LogP contribution is -2.33. The molecule has 1 atom stereocenters. The molecule has 1 rings (SSSR count). The molecule has 1 aromatic rings. The zero-order valence-corrected chi connectivity index (χ0v) is 12.4. The average Bonchev–Trinajstić information content (AvgIpc) is 2.28. The first-order valence-electron chi connectivity index (χ1n) is 6.02. The van der Waals surface area contributed by atoms with E-state index in [0.29, 0.717) is 17.9 Å². The number of benzene rings is 1. The molecule has 2 N–H and O–H groups in total. The molecule has 0 saturated carbocycles. The highest BCUT2D eigenvalue weighted by Crippen LogP contribution is 2.25. The van der Waals surface area contributed by atoms with Gasteiger partial charge in [0.05, 0.1) is 5.75 Å². The van der Waals surface area contributed by atoms with Crippen molar-refractivity contribution in [1.29, 1.82) is 0 Å². The van der Waals surface area contributed by atoms with Crippen LogP contribution in [0.1, 0.15) is 32.3 Å². The van der Waals surface area contributed by atoms with E-state index in [4.69, 9.17) is 17.3 Å². The third kappa shape index (κ3) is 4.59. The summed E-state index contributed by atoms with van der Waals surface area (Å²) >= 11 is 5.93. The molecule has 0 bridgehead atoms. The predicted octanol–water partition coefficient (Wildman–Crippen LogP) is 2.73. The van der Waals surface area contributed by atoms with Gasteiger partial charge >= 0.3 is 0 Å². The number of hydrogen-bond acceptors (Lipinski definition) is 3. The van der Waals surface area contributed by atoms with Gasteiger partial charge in [-0.05, 0) is 37.5 Å². The van der Waals surface area contributed by atoms with Gasteiger partial charge in [0.1, 0.15) is 9.84 Å². The Bertz CT molecular complexity index is 497. The SMILES string of the molecule is CCS(=O)(=O)CCCC(C)(N)c1cccc(Cl)c1.